The van der Waals surface area contributed by atoms with Crippen LogP contribution in [0.4, 0.5) is 5.69 Å². The molecule has 1 unspecified atom stereocenters. The predicted molar refractivity (Wildman–Crippen MR) is 110 cm³/mol. The summed E-state index contributed by atoms with van der Waals surface area (Å²) in [5.41, 5.74) is 1.87. The lowest BCUT2D eigenvalue weighted by Crippen LogP contribution is -2.22. The summed E-state index contributed by atoms with van der Waals surface area (Å²) in [5.74, 6) is -0.627. The van der Waals surface area contributed by atoms with Gasteiger partial charge in [0.25, 0.3) is 0 Å². The van der Waals surface area contributed by atoms with Crippen molar-refractivity contribution in [2.75, 3.05) is 5.32 Å². The number of amides is 1. The number of nitrogens with one attached hydrogen (secondary N) is 1. The number of rotatable bonds is 11. The molecule has 0 aliphatic rings. The van der Waals surface area contributed by atoms with Gasteiger partial charge in [-0.3, -0.25) is 9.59 Å². The van der Waals surface area contributed by atoms with Crippen LogP contribution in [0.3, 0.4) is 0 Å². The van der Waals surface area contributed by atoms with E-state index in [0.29, 0.717) is 13.0 Å². The molecule has 0 saturated heterocycles. The average Bonchev–Trinajstić information content (AvgIpc) is 3.04. The van der Waals surface area contributed by atoms with E-state index in [0.717, 1.165) is 42.3 Å². The number of unbranched alkanes of at least 4 members (excludes halogenated alkanes) is 1. The van der Waals surface area contributed by atoms with Crippen LogP contribution >= 0.6 is 0 Å². The maximum absolute atomic E-state index is 12.5. The topological polar surface area (TPSA) is 71.3 Å². The van der Waals surface area contributed by atoms with Crippen LogP contribution in [-0.2, 0) is 16.1 Å². The number of allylic oxidation sites excluding steroid dienone is 2. The van der Waals surface area contributed by atoms with Gasteiger partial charge in [0.1, 0.15) is 0 Å². The summed E-state index contributed by atoms with van der Waals surface area (Å²) >= 11 is 0. The van der Waals surface area contributed by atoms with Crippen LogP contribution in [0.1, 0.15) is 52.4 Å². The van der Waals surface area contributed by atoms with Gasteiger partial charge in [-0.15, -0.1) is 0 Å². The number of fused-ring (bicyclic) bond motifs is 1. The third-order valence-corrected chi connectivity index (χ3v) is 4.80. The van der Waals surface area contributed by atoms with Gasteiger partial charge in [0.05, 0.1) is 5.52 Å². The van der Waals surface area contributed by atoms with E-state index >= 15 is 0 Å². The molecule has 2 aromatic rings. The SMILES string of the molecule is CCCCC(CC)C(=O)Nc1ccc2ccn(C/C=C/CCC(=O)O)c2c1. The van der Waals surface area contributed by atoms with Crippen LogP contribution in [0.2, 0.25) is 0 Å². The van der Waals surface area contributed by atoms with Crippen LogP contribution in [0.15, 0.2) is 42.6 Å². The Balaban J connectivity index is 2.04. The van der Waals surface area contributed by atoms with Crippen LogP contribution in [-0.4, -0.2) is 21.6 Å². The van der Waals surface area contributed by atoms with Crippen LogP contribution < -0.4 is 5.32 Å². The number of hydrogen-bond acceptors (Lipinski definition) is 2. The quantitative estimate of drug-likeness (QED) is 0.533. The third kappa shape index (κ3) is 6.27. The van der Waals surface area contributed by atoms with Gasteiger partial charge in [0.2, 0.25) is 5.91 Å². The van der Waals surface area contributed by atoms with E-state index in [1.165, 1.54) is 0 Å². The highest BCUT2D eigenvalue weighted by molar-refractivity contribution is 5.95. The molecule has 5 heteroatoms. The van der Waals surface area contributed by atoms with Gasteiger partial charge in [-0.05, 0) is 42.8 Å². The summed E-state index contributed by atoms with van der Waals surface area (Å²) in [6.45, 7) is 4.88. The Morgan fingerprint density at radius 2 is 2.04 bits per heavy atom. The molecule has 0 bridgehead atoms. The number of carbonyl (C=O) groups excluding carboxylic acids is 1. The van der Waals surface area contributed by atoms with E-state index in [2.05, 4.69) is 23.7 Å². The summed E-state index contributed by atoms with van der Waals surface area (Å²) in [5, 5.41) is 12.9. The van der Waals surface area contributed by atoms with Crippen molar-refractivity contribution in [3.8, 4) is 0 Å². The van der Waals surface area contributed by atoms with Gasteiger partial charge < -0.3 is 15.0 Å². The summed E-state index contributed by atoms with van der Waals surface area (Å²) in [7, 11) is 0. The molecule has 0 radical (unpaired) electrons. The molecule has 0 spiro atoms. The van der Waals surface area contributed by atoms with Crippen molar-refractivity contribution >= 4 is 28.5 Å². The minimum Gasteiger partial charge on any atom is -0.481 e. The number of nitrogens with zero attached hydrogens (tertiary/aromatic N) is 1. The first-order valence-corrected chi connectivity index (χ1v) is 9.81. The van der Waals surface area contributed by atoms with E-state index in [1.54, 1.807) is 0 Å². The van der Waals surface area contributed by atoms with Gasteiger partial charge in [-0.25, -0.2) is 0 Å². The third-order valence-electron chi connectivity index (χ3n) is 4.80. The number of aliphatic carboxylic acids is 1. The Labute approximate surface area is 161 Å². The van der Waals surface area contributed by atoms with Crippen molar-refractivity contribution in [1.29, 1.82) is 0 Å². The summed E-state index contributed by atoms with van der Waals surface area (Å²) in [6, 6.07) is 8.01. The Kier molecular flexibility index (Phi) is 8.11. The predicted octanol–water partition coefficient (Wildman–Crippen LogP) is 5.22. The molecule has 2 N–H and O–H groups in total. The molecule has 5 nitrogen and oxygen atoms in total. The van der Waals surface area contributed by atoms with Crippen LogP contribution in [0.25, 0.3) is 10.9 Å². The smallest absolute Gasteiger partial charge is 0.303 e. The standard InChI is InChI=1S/C22H30N2O3/c1-3-5-9-17(4-2)22(27)23-19-12-11-18-13-15-24(20(18)16-19)14-8-6-7-10-21(25)26/h6,8,11-13,15-17H,3-5,7,9-10,14H2,1-2H3,(H,23,27)(H,25,26)/b8-6+. The van der Waals surface area contributed by atoms with Gasteiger partial charge >= 0.3 is 5.97 Å². The Morgan fingerprint density at radius 1 is 1.22 bits per heavy atom. The van der Waals surface area contributed by atoms with E-state index in [4.69, 9.17) is 5.11 Å². The van der Waals surface area contributed by atoms with Crippen molar-refractivity contribution in [3.63, 3.8) is 0 Å². The second-order valence-electron chi connectivity index (χ2n) is 6.88. The van der Waals surface area contributed by atoms with Crippen LogP contribution in [0.5, 0.6) is 0 Å². The molecule has 0 aliphatic carbocycles. The van der Waals surface area contributed by atoms with Crippen molar-refractivity contribution in [2.24, 2.45) is 5.92 Å². The largest absolute Gasteiger partial charge is 0.481 e. The zero-order valence-corrected chi connectivity index (χ0v) is 16.3. The monoisotopic (exact) mass is 370 g/mol. The number of aromatic nitrogens is 1. The first-order chi connectivity index (χ1) is 13.0. The lowest BCUT2D eigenvalue weighted by molar-refractivity contribution is -0.136. The molecule has 146 valence electrons. The number of carboxylic acids is 1. The van der Waals surface area contributed by atoms with Gasteiger partial charge in [-0.1, -0.05) is 44.9 Å². The van der Waals surface area contributed by atoms with Gasteiger partial charge in [0.15, 0.2) is 0 Å². The lowest BCUT2D eigenvalue weighted by Gasteiger charge is -2.15. The fraction of sp³-hybridized carbons (Fsp3) is 0.455. The molecular formula is C22H30N2O3. The maximum atomic E-state index is 12.5. The molecular weight excluding hydrogens is 340 g/mol. The van der Waals surface area contributed by atoms with E-state index in [9.17, 15) is 9.59 Å². The van der Waals surface area contributed by atoms with Crippen molar-refractivity contribution < 1.29 is 14.7 Å². The van der Waals surface area contributed by atoms with E-state index in [-0.39, 0.29) is 18.2 Å². The zero-order valence-electron chi connectivity index (χ0n) is 16.3. The molecule has 0 saturated carbocycles. The fourth-order valence-electron chi connectivity index (χ4n) is 3.15. The van der Waals surface area contributed by atoms with Crippen molar-refractivity contribution in [1.82, 2.24) is 4.57 Å². The van der Waals surface area contributed by atoms with E-state index in [1.807, 2.05) is 42.6 Å². The molecule has 1 atom stereocenters. The molecule has 0 fully saturated rings. The number of carbonyl (C=O) groups is 2. The molecule has 1 aromatic heterocycles. The zero-order chi connectivity index (χ0) is 19.6. The molecule has 1 heterocycles. The first-order valence-electron chi connectivity index (χ1n) is 9.81. The van der Waals surface area contributed by atoms with E-state index < -0.39 is 5.97 Å². The Bertz CT molecular complexity index is 792. The number of benzene rings is 1. The highest BCUT2D eigenvalue weighted by atomic mass is 16.4. The molecule has 2 rings (SSSR count). The number of hydrogen-bond donors (Lipinski definition) is 2. The summed E-state index contributed by atoms with van der Waals surface area (Å²) in [4.78, 5) is 23.1. The highest BCUT2D eigenvalue weighted by Gasteiger charge is 2.16. The Hall–Kier alpha value is -2.56. The van der Waals surface area contributed by atoms with Crippen molar-refractivity contribution in [3.05, 3.63) is 42.6 Å². The lowest BCUT2D eigenvalue weighted by atomic mass is 9.98. The molecule has 27 heavy (non-hydrogen) atoms. The minimum absolute atomic E-state index is 0.0598. The maximum Gasteiger partial charge on any atom is 0.303 e. The fourth-order valence-corrected chi connectivity index (χ4v) is 3.15. The summed E-state index contributed by atoms with van der Waals surface area (Å²) < 4.78 is 2.09. The van der Waals surface area contributed by atoms with Gasteiger partial charge in [0, 0.05) is 30.8 Å². The van der Waals surface area contributed by atoms with Crippen LogP contribution in [0, 0.1) is 5.92 Å². The van der Waals surface area contributed by atoms with Gasteiger partial charge in [-0.2, -0.15) is 0 Å². The normalized spacial score (nSPS) is 12.5. The molecule has 1 aromatic carbocycles. The molecule has 0 aliphatic heterocycles. The number of carboxylic acid groups (broad SMARTS) is 1. The highest BCUT2D eigenvalue weighted by Crippen LogP contribution is 2.22. The first kappa shape index (κ1) is 20.7. The Morgan fingerprint density at radius 3 is 2.74 bits per heavy atom. The second-order valence-corrected chi connectivity index (χ2v) is 6.88. The average molecular weight is 370 g/mol. The summed E-state index contributed by atoms with van der Waals surface area (Å²) in [6.07, 6.45) is 10.5. The minimum atomic E-state index is -0.782. The number of anilines is 1. The molecule has 1 amide bonds. The second kappa shape index (κ2) is 10.6. The van der Waals surface area contributed by atoms with Crippen molar-refractivity contribution in [2.45, 2.75) is 58.9 Å².